The lowest BCUT2D eigenvalue weighted by atomic mass is 9.44. The molecule has 1 aromatic rings. The molecule has 42 heavy (non-hydrogen) atoms. The minimum atomic E-state index is -2.21. The first kappa shape index (κ1) is 30.1. The standard InChI is InChI=1S/C31H36O11/c1-15-19(34)13-31(38)26(41-27(37)18-10-8-7-9-11-18)24-29(6,20(35)12-21-30(24,14-39-21)42-17(3)33)25(36)23(40-16(2)32)22(15)28(31,4)5/h7-11,20-21,23-24,26,35,38H,12-14H2,1-6H3/t20-,21+,23+,24?,26-,29+,30-,31+/m0/s1. The van der Waals surface area contributed by atoms with Crippen LogP contribution < -0.4 is 0 Å². The number of Topliss-reactive ketones (excluding diaryl/α,β-unsaturated/α-hetero) is 2. The van der Waals surface area contributed by atoms with Gasteiger partial charge in [0.2, 0.25) is 0 Å². The van der Waals surface area contributed by atoms with Crippen molar-refractivity contribution >= 4 is 29.5 Å². The predicted octanol–water partition coefficient (Wildman–Crippen LogP) is 1.86. The molecule has 0 radical (unpaired) electrons. The maximum atomic E-state index is 14.8. The van der Waals surface area contributed by atoms with Crippen molar-refractivity contribution in [2.24, 2.45) is 16.7 Å². The predicted molar refractivity (Wildman–Crippen MR) is 144 cm³/mol. The number of hydrogen-bond donors (Lipinski definition) is 2. The Labute approximate surface area is 243 Å². The molecule has 0 amide bonds. The molecular formula is C31H36O11. The molecule has 8 atom stereocenters. The number of carbonyl (C=O) groups excluding carboxylic acids is 5. The van der Waals surface area contributed by atoms with Gasteiger partial charge < -0.3 is 29.2 Å². The fourth-order valence-electron chi connectivity index (χ4n) is 7.72. The third-order valence-corrected chi connectivity index (χ3v) is 10.0. The van der Waals surface area contributed by atoms with E-state index in [-0.39, 0.29) is 29.7 Å². The lowest BCUT2D eigenvalue weighted by Crippen LogP contribution is -2.81. The number of ketones is 2. The lowest BCUT2D eigenvalue weighted by molar-refractivity contribution is -0.344. The summed E-state index contributed by atoms with van der Waals surface area (Å²) in [5.74, 6) is -5.11. The van der Waals surface area contributed by atoms with E-state index in [4.69, 9.17) is 18.9 Å². The summed E-state index contributed by atoms with van der Waals surface area (Å²) in [6.07, 6.45) is -6.34. The molecule has 11 heteroatoms. The van der Waals surface area contributed by atoms with Crippen LogP contribution in [-0.2, 0) is 38.1 Å². The average Bonchev–Trinajstić information content (AvgIpc) is 2.90. The number of fused-ring (bicyclic) bond motifs is 5. The van der Waals surface area contributed by atoms with E-state index in [1.54, 1.807) is 32.0 Å². The van der Waals surface area contributed by atoms with Gasteiger partial charge in [0.25, 0.3) is 0 Å². The smallest absolute Gasteiger partial charge is 0.338 e. The molecule has 3 aliphatic carbocycles. The number of carbonyl (C=O) groups is 5. The van der Waals surface area contributed by atoms with E-state index in [0.29, 0.717) is 0 Å². The molecule has 1 saturated heterocycles. The maximum Gasteiger partial charge on any atom is 0.338 e. The first-order chi connectivity index (χ1) is 19.5. The van der Waals surface area contributed by atoms with Crippen LogP contribution in [0.4, 0.5) is 0 Å². The molecule has 2 bridgehead atoms. The van der Waals surface area contributed by atoms with Crippen molar-refractivity contribution in [3.63, 3.8) is 0 Å². The summed E-state index contributed by atoms with van der Waals surface area (Å²) in [4.78, 5) is 66.9. The van der Waals surface area contributed by atoms with E-state index >= 15 is 0 Å². The van der Waals surface area contributed by atoms with Gasteiger partial charge in [0, 0.05) is 32.1 Å². The second-order valence-electron chi connectivity index (χ2n) is 12.6. The van der Waals surface area contributed by atoms with Gasteiger partial charge >= 0.3 is 17.9 Å². The number of esters is 3. The number of benzene rings is 1. The Hall–Kier alpha value is -3.41. The molecule has 1 aromatic carbocycles. The molecule has 11 nitrogen and oxygen atoms in total. The Balaban J connectivity index is 1.85. The molecule has 4 aliphatic rings. The van der Waals surface area contributed by atoms with Gasteiger partial charge in [-0.3, -0.25) is 19.2 Å². The summed E-state index contributed by atoms with van der Waals surface area (Å²) < 4.78 is 23.4. The van der Waals surface area contributed by atoms with Gasteiger partial charge in [-0.15, -0.1) is 0 Å². The Morgan fingerprint density at radius 2 is 1.64 bits per heavy atom. The second-order valence-corrected chi connectivity index (χ2v) is 12.6. The van der Waals surface area contributed by atoms with Crippen LogP contribution in [-0.4, -0.2) is 81.9 Å². The van der Waals surface area contributed by atoms with Gasteiger partial charge in [0.15, 0.2) is 23.3 Å². The van der Waals surface area contributed by atoms with E-state index in [0.717, 1.165) is 6.92 Å². The van der Waals surface area contributed by atoms with Crippen molar-refractivity contribution in [1.29, 1.82) is 0 Å². The van der Waals surface area contributed by atoms with Crippen LogP contribution in [0.1, 0.15) is 64.7 Å². The van der Waals surface area contributed by atoms with E-state index in [1.807, 2.05) is 0 Å². The van der Waals surface area contributed by atoms with Gasteiger partial charge in [-0.1, -0.05) is 32.0 Å². The SMILES string of the molecule is CC(=O)O[C@H]1C(=O)[C@@]2(C)C([C@H](OC(=O)c3ccccc3)[C@]3(O)CC(=O)C(C)=C1C3(C)C)[C@]1(OC(C)=O)CO[C@@H]1C[C@@H]2O. The molecule has 1 unspecified atom stereocenters. The molecule has 3 fully saturated rings. The van der Waals surface area contributed by atoms with Gasteiger partial charge in [-0.05, 0) is 37.1 Å². The summed E-state index contributed by atoms with van der Waals surface area (Å²) in [5.41, 5.74) is -6.91. The summed E-state index contributed by atoms with van der Waals surface area (Å²) in [6, 6.07) is 7.97. The normalized spacial score (nSPS) is 38.6. The molecular weight excluding hydrogens is 548 g/mol. The first-order valence-electron chi connectivity index (χ1n) is 14.0. The number of aliphatic hydroxyl groups is 2. The zero-order valence-corrected chi connectivity index (χ0v) is 24.5. The lowest BCUT2D eigenvalue weighted by Gasteiger charge is -2.67. The van der Waals surface area contributed by atoms with Crippen molar-refractivity contribution in [3.05, 3.63) is 47.0 Å². The van der Waals surface area contributed by atoms with Gasteiger partial charge in [-0.2, -0.15) is 0 Å². The molecule has 2 saturated carbocycles. The fraction of sp³-hybridized carbons (Fsp3) is 0.581. The van der Waals surface area contributed by atoms with Gasteiger partial charge in [0.05, 0.1) is 29.6 Å². The van der Waals surface area contributed by atoms with Crippen LogP contribution in [0.3, 0.4) is 0 Å². The van der Waals surface area contributed by atoms with Crippen LogP contribution in [0.5, 0.6) is 0 Å². The van der Waals surface area contributed by atoms with E-state index in [1.165, 1.54) is 32.9 Å². The van der Waals surface area contributed by atoms with E-state index in [2.05, 4.69) is 0 Å². The second kappa shape index (κ2) is 9.82. The number of allylic oxidation sites excluding steroid dienone is 1. The summed E-state index contributed by atoms with van der Waals surface area (Å²) in [5, 5.41) is 24.4. The minimum absolute atomic E-state index is 0.0580. The summed E-state index contributed by atoms with van der Waals surface area (Å²) in [6.45, 7) is 8.16. The molecule has 5 rings (SSSR count). The number of rotatable bonds is 4. The monoisotopic (exact) mass is 584 g/mol. The topological polar surface area (TPSA) is 163 Å². The molecule has 0 spiro atoms. The van der Waals surface area contributed by atoms with Crippen LogP contribution in [0, 0.1) is 16.7 Å². The summed E-state index contributed by atoms with van der Waals surface area (Å²) in [7, 11) is 0. The highest BCUT2D eigenvalue weighted by atomic mass is 16.6. The van der Waals surface area contributed by atoms with Gasteiger partial charge in [-0.25, -0.2) is 4.79 Å². The molecule has 1 heterocycles. The van der Waals surface area contributed by atoms with Crippen molar-refractivity contribution in [1.82, 2.24) is 0 Å². The molecule has 2 N–H and O–H groups in total. The highest BCUT2D eigenvalue weighted by Gasteiger charge is 2.78. The van der Waals surface area contributed by atoms with Crippen molar-refractivity contribution in [2.75, 3.05) is 6.61 Å². The average molecular weight is 585 g/mol. The fourth-order valence-corrected chi connectivity index (χ4v) is 7.72. The number of hydrogen-bond acceptors (Lipinski definition) is 11. The quantitative estimate of drug-likeness (QED) is 0.392. The Kier molecular flexibility index (Phi) is 7.03. The molecule has 226 valence electrons. The van der Waals surface area contributed by atoms with Crippen molar-refractivity contribution in [3.8, 4) is 0 Å². The van der Waals surface area contributed by atoms with Crippen LogP contribution >= 0.6 is 0 Å². The van der Waals surface area contributed by atoms with E-state index < -0.39 is 88.3 Å². The zero-order chi connectivity index (χ0) is 31.0. The molecule has 1 aliphatic heterocycles. The highest BCUT2D eigenvalue weighted by Crippen LogP contribution is 2.63. The number of ether oxygens (including phenoxy) is 4. The van der Waals surface area contributed by atoms with Crippen LogP contribution in [0.25, 0.3) is 0 Å². The highest BCUT2D eigenvalue weighted by molar-refractivity contribution is 6.03. The third kappa shape index (κ3) is 4.00. The van der Waals surface area contributed by atoms with Gasteiger partial charge in [0.1, 0.15) is 17.8 Å². The Morgan fingerprint density at radius 1 is 1.00 bits per heavy atom. The van der Waals surface area contributed by atoms with Crippen molar-refractivity contribution < 1.29 is 53.1 Å². The molecule has 0 aromatic heterocycles. The first-order valence-corrected chi connectivity index (χ1v) is 14.0. The summed E-state index contributed by atoms with van der Waals surface area (Å²) >= 11 is 0. The maximum absolute atomic E-state index is 14.8. The Bertz CT molecular complexity index is 1400. The van der Waals surface area contributed by atoms with Crippen molar-refractivity contribution in [2.45, 2.75) is 90.0 Å². The van der Waals surface area contributed by atoms with Crippen LogP contribution in [0.15, 0.2) is 41.5 Å². The zero-order valence-electron chi connectivity index (χ0n) is 24.5. The largest absolute Gasteiger partial charge is 0.455 e. The number of aliphatic hydroxyl groups excluding tert-OH is 1. The Morgan fingerprint density at radius 3 is 2.19 bits per heavy atom. The van der Waals surface area contributed by atoms with E-state index in [9.17, 15) is 34.2 Å². The van der Waals surface area contributed by atoms with Crippen LogP contribution in [0.2, 0.25) is 0 Å². The third-order valence-electron chi connectivity index (χ3n) is 10.0. The minimum Gasteiger partial charge on any atom is -0.455 e.